The summed E-state index contributed by atoms with van der Waals surface area (Å²) in [6.07, 6.45) is 0.672. The van der Waals surface area contributed by atoms with Gasteiger partial charge in [-0.15, -0.1) is 0 Å². The first-order valence-corrected chi connectivity index (χ1v) is 8.32. The molecule has 1 aliphatic heterocycles. The Morgan fingerprint density at radius 3 is 2.04 bits per heavy atom. The summed E-state index contributed by atoms with van der Waals surface area (Å²) in [5.74, 6) is -2.52. The second-order valence-corrected chi connectivity index (χ2v) is 7.14. The summed E-state index contributed by atoms with van der Waals surface area (Å²) in [4.78, 5) is 24.9. The summed E-state index contributed by atoms with van der Waals surface area (Å²) in [5, 5.41) is 0. The molecular weight excluding hydrogens is 308 g/mol. The van der Waals surface area contributed by atoms with Gasteiger partial charge in [-0.1, -0.05) is 26.0 Å². The lowest BCUT2D eigenvalue weighted by molar-refractivity contribution is -0.243. The van der Waals surface area contributed by atoms with E-state index in [1.165, 1.54) is 0 Å². The maximum absolute atomic E-state index is 12.5. The molecule has 5 nitrogen and oxygen atoms in total. The Morgan fingerprint density at radius 2 is 1.62 bits per heavy atom. The highest BCUT2D eigenvalue weighted by molar-refractivity contribution is 5.98. The first-order valence-electron chi connectivity index (χ1n) is 8.32. The first kappa shape index (κ1) is 18.3. The molecule has 0 N–H and O–H groups in total. The molecule has 5 heteroatoms. The van der Waals surface area contributed by atoms with E-state index in [-0.39, 0.29) is 6.10 Å². The molecule has 1 aromatic carbocycles. The number of rotatable bonds is 5. The van der Waals surface area contributed by atoms with Crippen LogP contribution in [-0.4, -0.2) is 23.8 Å². The summed E-state index contributed by atoms with van der Waals surface area (Å²) in [7, 11) is 0. The van der Waals surface area contributed by atoms with Crippen molar-refractivity contribution < 1.29 is 23.8 Å². The summed E-state index contributed by atoms with van der Waals surface area (Å²) in [6, 6.07) is 7.49. The normalized spacial score (nSPS) is 20.3. The van der Waals surface area contributed by atoms with Gasteiger partial charge in [-0.25, -0.2) is 0 Å². The Bertz CT molecular complexity index is 597. The molecule has 132 valence electrons. The van der Waals surface area contributed by atoms with Crippen LogP contribution >= 0.6 is 0 Å². The van der Waals surface area contributed by atoms with Crippen molar-refractivity contribution in [1.29, 1.82) is 0 Å². The molecule has 0 unspecified atom stereocenters. The van der Waals surface area contributed by atoms with E-state index in [0.29, 0.717) is 6.42 Å². The molecule has 0 aromatic heterocycles. The Morgan fingerprint density at radius 1 is 1.12 bits per heavy atom. The SMILES string of the molecule is CC[C@@](C)(c1ccc(OC(C)C)cc1)C1C(=O)OC(C)(C)OC1=O. The van der Waals surface area contributed by atoms with Crippen molar-refractivity contribution in [2.75, 3.05) is 0 Å². The van der Waals surface area contributed by atoms with Crippen molar-refractivity contribution in [3.05, 3.63) is 29.8 Å². The molecule has 0 radical (unpaired) electrons. The van der Waals surface area contributed by atoms with Crippen molar-refractivity contribution in [3.8, 4) is 5.75 Å². The minimum atomic E-state index is -1.21. The number of benzene rings is 1. The predicted octanol–water partition coefficient (Wildman–Crippen LogP) is 3.59. The van der Waals surface area contributed by atoms with Crippen molar-refractivity contribution >= 4 is 11.9 Å². The standard InChI is InChI=1S/C19H26O5/c1-7-19(6,13-8-10-14(11-9-13)22-12(2)3)15-16(20)23-18(4,5)24-17(15)21/h8-12,15H,7H2,1-6H3/t19-/m0/s1. The summed E-state index contributed by atoms with van der Waals surface area (Å²) < 4.78 is 16.2. The van der Waals surface area contributed by atoms with Crippen LogP contribution in [-0.2, 0) is 24.5 Å². The number of hydrogen-bond donors (Lipinski definition) is 0. The molecule has 0 amide bonds. The van der Waals surface area contributed by atoms with Crippen molar-refractivity contribution in [2.24, 2.45) is 5.92 Å². The molecule has 0 saturated carbocycles. The fourth-order valence-corrected chi connectivity index (χ4v) is 3.00. The minimum absolute atomic E-state index is 0.0824. The van der Waals surface area contributed by atoms with Gasteiger partial charge in [-0.05, 0) is 38.0 Å². The summed E-state index contributed by atoms with van der Waals surface area (Å²) in [6.45, 7) is 10.9. The van der Waals surface area contributed by atoms with E-state index in [4.69, 9.17) is 14.2 Å². The summed E-state index contributed by atoms with van der Waals surface area (Å²) in [5.41, 5.74) is 0.167. The molecule has 1 atom stereocenters. The van der Waals surface area contributed by atoms with Crippen LogP contribution in [0.2, 0.25) is 0 Å². The van der Waals surface area contributed by atoms with E-state index in [0.717, 1.165) is 11.3 Å². The van der Waals surface area contributed by atoms with Gasteiger partial charge in [-0.3, -0.25) is 9.59 Å². The number of hydrogen-bond acceptors (Lipinski definition) is 5. The van der Waals surface area contributed by atoms with E-state index in [1.807, 2.05) is 52.0 Å². The van der Waals surface area contributed by atoms with Crippen LogP contribution in [0.1, 0.15) is 53.5 Å². The zero-order chi connectivity index (χ0) is 18.1. The molecule has 1 aliphatic rings. The molecule has 1 fully saturated rings. The lowest BCUT2D eigenvalue weighted by Gasteiger charge is -2.41. The Labute approximate surface area is 143 Å². The van der Waals surface area contributed by atoms with Crippen LogP contribution in [0.5, 0.6) is 5.75 Å². The van der Waals surface area contributed by atoms with Gasteiger partial charge in [-0.2, -0.15) is 0 Å². The number of carbonyl (C=O) groups excluding carboxylic acids is 2. The average molecular weight is 334 g/mol. The van der Waals surface area contributed by atoms with Crippen LogP contribution in [0.15, 0.2) is 24.3 Å². The highest BCUT2D eigenvalue weighted by atomic mass is 16.7. The molecule has 0 bridgehead atoms. The maximum Gasteiger partial charge on any atom is 0.324 e. The van der Waals surface area contributed by atoms with Gasteiger partial charge >= 0.3 is 11.9 Å². The van der Waals surface area contributed by atoms with Crippen LogP contribution < -0.4 is 4.74 Å². The van der Waals surface area contributed by atoms with E-state index in [2.05, 4.69) is 0 Å². The quantitative estimate of drug-likeness (QED) is 0.608. The third kappa shape index (κ3) is 3.55. The third-order valence-electron chi connectivity index (χ3n) is 4.42. The topological polar surface area (TPSA) is 61.8 Å². The predicted molar refractivity (Wildman–Crippen MR) is 89.6 cm³/mol. The minimum Gasteiger partial charge on any atom is -0.491 e. The van der Waals surface area contributed by atoms with Gasteiger partial charge in [0.2, 0.25) is 0 Å². The monoisotopic (exact) mass is 334 g/mol. The van der Waals surface area contributed by atoms with E-state index in [9.17, 15) is 9.59 Å². The van der Waals surface area contributed by atoms with Crippen molar-refractivity contribution in [2.45, 2.75) is 65.3 Å². The number of carbonyl (C=O) groups is 2. The lowest BCUT2D eigenvalue weighted by atomic mass is 9.69. The highest BCUT2D eigenvalue weighted by Crippen LogP contribution is 2.41. The molecule has 0 aliphatic carbocycles. The van der Waals surface area contributed by atoms with E-state index < -0.39 is 29.1 Å². The van der Waals surface area contributed by atoms with Gasteiger partial charge in [0.25, 0.3) is 5.79 Å². The van der Waals surface area contributed by atoms with Crippen LogP contribution in [0, 0.1) is 5.92 Å². The van der Waals surface area contributed by atoms with Gasteiger partial charge in [0.05, 0.1) is 6.10 Å². The molecule has 1 saturated heterocycles. The second kappa shape index (κ2) is 6.46. The van der Waals surface area contributed by atoms with Crippen molar-refractivity contribution in [3.63, 3.8) is 0 Å². The number of ether oxygens (including phenoxy) is 3. The zero-order valence-electron chi connectivity index (χ0n) is 15.2. The highest BCUT2D eigenvalue weighted by Gasteiger charge is 2.52. The average Bonchev–Trinajstić information content (AvgIpc) is 2.44. The molecular formula is C19H26O5. The zero-order valence-corrected chi connectivity index (χ0v) is 15.2. The fourth-order valence-electron chi connectivity index (χ4n) is 3.00. The number of cyclic esters (lactones) is 2. The van der Waals surface area contributed by atoms with Gasteiger partial charge in [0, 0.05) is 19.3 Å². The maximum atomic E-state index is 12.5. The number of esters is 2. The van der Waals surface area contributed by atoms with Gasteiger partial charge < -0.3 is 14.2 Å². The van der Waals surface area contributed by atoms with Crippen LogP contribution in [0.4, 0.5) is 0 Å². The largest absolute Gasteiger partial charge is 0.491 e. The van der Waals surface area contributed by atoms with E-state index >= 15 is 0 Å². The van der Waals surface area contributed by atoms with Crippen LogP contribution in [0.3, 0.4) is 0 Å². The lowest BCUT2D eigenvalue weighted by Crippen LogP contribution is -2.53. The van der Waals surface area contributed by atoms with Crippen molar-refractivity contribution in [1.82, 2.24) is 0 Å². The molecule has 1 heterocycles. The van der Waals surface area contributed by atoms with E-state index in [1.54, 1.807) is 13.8 Å². The molecule has 0 spiro atoms. The first-order chi connectivity index (χ1) is 11.1. The third-order valence-corrected chi connectivity index (χ3v) is 4.42. The smallest absolute Gasteiger partial charge is 0.324 e. The van der Waals surface area contributed by atoms with Crippen LogP contribution in [0.25, 0.3) is 0 Å². The molecule has 2 rings (SSSR count). The van der Waals surface area contributed by atoms with Gasteiger partial charge in [0.1, 0.15) is 5.75 Å². The Hall–Kier alpha value is -2.04. The molecule has 24 heavy (non-hydrogen) atoms. The summed E-state index contributed by atoms with van der Waals surface area (Å²) >= 11 is 0. The molecule has 1 aromatic rings. The Balaban J connectivity index is 2.34. The Kier molecular flexibility index (Phi) is 4.92. The fraction of sp³-hybridized carbons (Fsp3) is 0.579. The van der Waals surface area contributed by atoms with Gasteiger partial charge in [0.15, 0.2) is 5.92 Å². The second-order valence-electron chi connectivity index (χ2n) is 7.14.